The summed E-state index contributed by atoms with van der Waals surface area (Å²) in [4.78, 5) is 0. The largest absolute Gasteiger partial charge is 0.494 e. The number of benzene rings is 2. The Bertz CT molecular complexity index is 1070. The fraction of sp³-hybridized carbons (Fsp3) is 0.562. The highest BCUT2D eigenvalue weighted by Crippen LogP contribution is 2.40. The molecule has 0 bridgehead atoms. The van der Waals surface area contributed by atoms with Crippen LogP contribution in [0.15, 0.2) is 36.4 Å². The summed E-state index contributed by atoms with van der Waals surface area (Å²) in [5.74, 6) is -0.261. The predicted molar refractivity (Wildman–Crippen MR) is 143 cm³/mol. The summed E-state index contributed by atoms with van der Waals surface area (Å²) in [6.45, 7) is 4.45. The first kappa shape index (κ1) is 27.8. The van der Waals surface area contributed by atoms with Crippen LogP contribution in [0.25, 0.3) is 5.57 Å². The van der Waals surface area contributed by atoms with E-state index in [1.54, 1.807) is 12.1 Å². The van der Waals surface area contributed by atoms with Gasteiger partial charge in [0.25, 0.3) is 0 Å². The molecule has 5 heteroatoms. The Hall–Kier alpha value is -2.27. The number of rotatable bonds is 10. The SMILES string of the molecule is CCCC(O)C1CC=C(c2ccc(CCC3CCC(c4ccc(OCC)cc4F)CC3)c(F)c2F)CC1. The van der Waals surface area contributed by atoms with Gasteiger partial charge in [-0.25, -0.2) is 13.2 Å². The van der Waals surface area contributed by atoms with Gasteiger partial charge in [-0.05, 0) is 112 Å². The summed E-state index contributed by atoms with van der Waals surface area (Å²) in [5, 5.41) is 10.3. The van der Waals surface area contributed by atoms with Crippen molar-refractivity contribution in [1.29, 1.82) is 0 Å². The molecule has 0 spiro atoms. The maximum absolute atomic E-state index is 15.0. The Morgan fingerprint density at radius 2 is 1.76 bits per heavy atom. The summed E-state index contributed by atoms with van der Waals surface area (Å²) < 4.78 is 50.0. The van der Waals surface area contributed by atoms with Crippen molar-refractivity contribution in [1.82, 2.24) is 0 Å². The third-order valence-electron chi connectivity index (χ3n) is 8.48. The average molecular weight is 515 g/mol. The van der Waals surface area contributed by atoms with Gasteiger partial charge in [0.05, 0.1) is 12.7 Å². The standard InChI is InChI=1S/C32H41F3O2/c1-3-5-30(36)24-14-12-23(13-15-24)28-18-16-25(31(34)32(28)35)11-8-21-6-9-22(10-7-21)27-19-17-26(37-4-2)20-29(27)33/h12,16-22,24,30,36H,3-11,13-15H2,1-2H3. The lowest BCUT2D eigenvalue weighted by Gasteiger charge is -2.29. The zero-order valence-electron chi connectivity index (χ0n) is 22.2. The van der Waals surface area contributed by atoms with Gasteiger partial charge in [-0.3, -0.25) is 0 Å². The number of hydrogen-bond acceptors (Lipinski definition) is 2. The van der Waals surface area contributed by atoms with Gasteiger partial charge in [0, 0.05) is 11.6 Å². The Morgan fingerprint density at radius 3 is 2.41 bits per heavy atom. The lowest BCUT2D eigenvalue weighted by molar-refractivity contribution is 0.0934. The van der Waals surface area contributed by atoms with Crippen molar-refractivity contribution in [2.45, 2.75) is 96.5 Å². The highest BCUT2D eigenvalue weighted by molar-refractivity contribution is 5.67. The summed E-state index contributed by atoms with van der Waals surface area (Å²) in [6, 6.07) is 8.64. The number of aliphatic hydroxyl groups is 1. The molecule has 1 N–H and O–H groups in total. The molecule has 2 aromatic rings. The van der Waals surface area contributed by atoms with Gasteiger partial charge in [-0.1, -0.05) is 37.6 Å². The molecule has 0 amide bonds. The Kier molecular flexibility index (Phi) is 9.75. The molecule has 0 heterocycles. The monoisotopic (exact) mass is 514 g/mol. The molecule has 2 unspecified atom stereocenters. The molecule has 202 valence electrons. The first-order chi connectivity index (χ1) is 17.9. The molecule has 4 rings (SSSR count). The Morgan fingerprint density at radius 1 is 0.973 bits per heavy atom. The molecule has 1 saturated carbocycles. The van der Waals surface area contributed by atoms with Crippen LogP contribution in [0.1, 0.15) is 101 Å². The van der Waals surface area contributed by atoms with E-state index in [-0.39, 0.29) is 23.8 Å². The number of aliphatic hydroxyl groups excluding tert-OH is 1. The van der Waals surface area contributed by atoms with Crippen LogP contribution in [0.3, 0.4) is 0 Å². The van der Waals surface area contributed by atoms with Crippen molar-refractivity contribution in [3.05, 3.63) is 70.5 Å². The predicted octanol–water partition coefficient (Wildman–Crippen LogP) is 8.75. The second kappa shape index (κ2) is 13.0. The molecule has 0 aromatic heterocycles. The van der Waals surface area contributed by atoms with Gasteiger partial charge in [0.2, 0.25) is 0 Å². The molecule has 2 atom stereocenters. The smallest absolute Gasteiger partial charge is 0.166 e. The lowest BCUT2D eigenvalue weighted by atomic mass is 9.76. The van der Waals surface area contributed by atoms with E-state index >= 15 is 4.39 Å². The summed E-state index contributed by atoms with van der Waals surface area (Å²) in [6.07, 6.45) is 10.7. The number of ether oxygens (including phenoxy) is 1. The normalized spacial score (nSPS) is 23.0. The molecule has 37 heavy (non-hydrogen) atoms. The highest BCUT2D eigenvalue weighted by Gasteiger charge is 2.26. The van der Waals surface area contributed by atoms with Crippen molar-refractivity contribution in [3.8, 4) is 5.75 Å². The van der Waals surface area contributed by atoms with Crippen LogP contribution in [0.5, 0.6) is 5.75 Å². The Balaban J connectivity index is 1.30. The van der Waals surface area contributed by atoms with Crippen LogP contribution in [-0.2, 0) is 6.42 Å². The van der Waals surface area contributed by atoms with E-state index in [0.717, 1.165) is 62.5 Å². The minimum absolute atomic E-state index is 0.201. The van der Waals surface area contributed by atoms with Gasteiger partial charge in [0.15, 0.2) is 11.6 Å². The zero-order chi connectivity index (χ0) is 26.4. The van der Waals surface area contributed by atoms with Crippen molar-refractivity contribution in [2.24, 2.45) is 11.8 Å². The van der Waals surface area contributed by atoms with E-state index in [1.807, 2.05) is 25.1 Å². The van der Waals surface area contributed by atoms with E-state index in [2.05, 4.69) is 6.92 Å². The molecule has 0 radical (unpaired) electrons. The fourth-order valence-electron chi connectivity index (χ4n) is 6.23. The second-order valence-corrected chi connectivity index (χ2v) is 10.9. The minimum atomic E-state index is -0.744. The van der Waals surface area contributed by atoms with Crippen LogP contribution in [0, 0.1) is 29.3 Å². The van der Waals surface area contributed by atoms with E-state index in [0.29, 0.717) is 48.7 Å². The topological polar surface area (TPSA) is 29.5 Å². The van der Waals surface area contributed by atoms with Crippen molar-refractivity contribution in [2.75, 3.05) is 6.61 Å². The first-order valence-electron chi connectivity index (χ1n) is 14.2. The fourth-order valence-corrected chi connectivity index (χ4v) is 6.23. The molecule has 0 saturated heterocycles. The number of halogens is 3. The van der Waals surface area contributed by atoms with E-state index in [4.69, 9.17) is 4.74 Å². The maximum atomic E-state index is 15.0. The molecule has 2 aliphatic rings. The molecule has 2 nitrogen and oxygen atoms in total. The summed E-state index contributed by atoms with van der Waals surface area (Å²) >= 11 is 0. The van der Waals surface area contributed by atoms with Gasteiger partial charge in [-0.2, -0.15) is 0 Å². The molecular weight excluding hydrogens is 473 g/mol. The maximum Gasteiger partial charge on any atom is 0.166 e. The quantitative estimate of drug-likeness (QED) is 0.343. The van der Waals surface area contributed by atoms with E-state index in [9.17, 15) is 13.9 Å². The number of aryl methyl sites for hydroxylation is 1. The molecular formula is C32H41F3O2. The van der Waals surface area contributed by atoms with Crippen molar-refractivity contribution < 1.29 is 23.0 Å². The van der Waals surface area contributed by atoms with E-state index < -0.39 is 11.6 Å². The van der Waals surface area contributed by atoms with Crippen LogP contribution < -0.4 is 4.74 Å². The minimum Gasteiger partial charge on any atom is -0.494 e. The average Bonchev–Trinajstić information content (AvgIpc) is 2.90. The molecule has 2 aliphatic carbocycles. The van der Waals surface area contributed by atoms with Gasteiger partial charge >= 0.3 is 0 Å². The van der Waals surface area contributed by atoms with Crippen LogP contribution >= 0.6 is 0 Å². The van der Waals surface area contributed by atoms with Crippen LogP contribution in [-0.4, -0.2) is 17.8 Å². The first-order valence-corrected chi connectivity index (χ1v) is 14.2. The Labute approximate surface area is 219 Å². The van der Waals surface area contributed by atoms with Crippen LogP contribution in [0.4, 0.5) is 13.2 Å². The highest BCUT2D eigenvalue weighted by atomic mass is 19.2. The molecule has 2 aromatic carbocycles. The summed E-state index contributed by atoms with van der Waals surface area (Å²) in [7, 11) is 0. The van der Waals surface area contributed by atoms with Crippen molar-refractivity contribution in [3.63, 3.8) is 0 Å². The third kappa shape index (κ3) is 6.79. The zero-order valence-corrected chi connectivity index (χ0v) is 22.2. The molecule has 0 aliphatic heterocycles. The van der Waals surface area contributed by atoms with Gasteiger partial charge < -0.3 is 9.84 Å². The summed E-state index contributed by atoms with van der Waals surface area (Å²) in [5.41, 5.74) is 2.41. The van der Waals surface area contributed by atoms with Crippen LogP contribution in [0.2, 0.25) is 0 Å². The lowest BCUT2D eigenvalue weighted by Crippen LogP contribution is -2.22. The van der Waals surface area contributed by atoms with E-state index in [1.165, 1.54) is 6.07 Å². The number of allylic oxidation sites excluding steroid dienone is 2. The molecule has 1 fully saturated rings. The van der Waals surface area contributed by atoms with Gasteiger partial charge in [0.1, 0.15) is 11.6 Å². The second-order valence-electron chi connectivity index (χ2n) is 10.9. The number of hydrogen-bond donors (Lipinski definition) is 1. The van der Waals surface area contributed by atoms with Crippen molar-refractivity contribution >= 4 is 5.57 Å². The van der Waals surface area contributed by atoms with Gasteiger partial charge in [-0.15, -0.1) is 0 Å². The third-order valence-corrected chi connectivity index (χ3v) is 8.48.